The van der Waals surface area contributed by atoms with Crippen LogP contribution >= 0.6 is 0 Å². The van der Waals surface area contributed by atoms with E-state index >= 15 is 0 Å². The van der Waals surface area contributed by atoms with Gasteiger partial charge in [0.05, 0.1) is 0 Å². The lowest BCUT2D eigenvalue weighted by atomic mass is 10.1. The van der Waals surface area contributed by atoms with Crippen molar-refractivity contribution in [2.45, 2.75) is 46.7 Å². The molecule has 0 heterocycles. The Morgan fingerprint density at radius 3 is 2.27 bits per heavy atom. The highest BCUT2D eigenvalue weighted by Gasteiger charge is 2.23. The molecule has 1 atom stereocenters. The first-order valence-electron chi connectivity index (χ1n) is 7.60. The van der Waals surface area contributed by atoms with Crippen LogP contribution in [-0.4, -0.2) is 29.3 Å². The number of rotatable bonds is 7. The van der Waals surface area contributed by atoms with Crippen molar-refractivity contribution in [3.8, 4) is 0 Å². The normalized spacial score (nSPS) is 12.1. The van der Waals surface area contributed by atoms with Crippen molar-refractivity contribution in [2.24, 2.45) is 5.92 Å². The minimum atomic E-state index is -0.560. The smallest absolute Gasteiger partial charge is 0.242 e. The molecule has 1 rings (SSSR count). The van der Waals surface area contributed by atoms with Crippen LogP contribution in [0.15, 0.2) is 24.3 Å². The third-order valence-corrected chi connectivity index (χ3v) is 3.54. The molecule has 0 saturated carbocycles. The minimum Gasteiger partial charge on any atom is -0.354 e. The molecule has 122 valence electrons. The van der Waals surface area contributed by atoms with E-state index in [1.54, 1.807) is 19.1 Å². The fraction of sp³-hybridized carbons (Fsp3) is 0.529. The van der Waals surface area contributed by atoms with Crippen LogP contribution in [0, 0.1) is 11.7 Å². The summed E-state index contributed by atoms with van der Waals surface area (Å²) in [6.07, 6.45) is 0.899. The van der Waals surface area contributed by atoms with E-state index in [1.807, 2.05) is 0 Å². The number of nitrogens with zero attached hydrogens (tertiary/aromatic N) is 1. The van der Waals surface area contributed by atoms with Crippen LogP contribution in [0.3, 0.4) is 0 Å². The van der Waals surface area contributed by atoms with Gasteiger partial charge in [-0.1, -0.05) is 26.0 Å². The Hall–Kier alpha value is -1.91. The van der Waals surface area contributed by atoms with Crippen molar-refractivity contribution in [3.05, 3.63) is 35.6 Å². The molecule has 22 heavy (non-hydrogen) atoms. The monoisotopic (exact) mass is 308 g/mol. The van der Waals surface area contributed by atoms with Gasteiger partial charge in [0, 0.05) is 20.0 Å². The number of halogens is 1. The van der Waals surface area contributed by atoms with Crippen molar-refractivity contribution in [3.63, 3.8) is 0 Å². The molecule has 1 aromatic rings. The second kappa shape index (κ2) is 8.51. The summed E-state index contributed by atoms with van der Waals surface area (Å²) in [5.74, 6) is -0.162. The predicted molar refractivity (Wildman–Crippen MR) is 84.6 cm³/mol. The van der Waals surface area contributed by atoms with E-state index in [2.05, 4.69) is 19.2 Å². The van der Waals surface area contributed by atoms with E-state index in [1.165, 1.54) is 24.0 Å². The standard InChI is InChI=1S/C17H25FN2O2/c1-12(2)9-10-19-17(22)13(3)20(14(4)21)11-15-5-7-16(18)8-6-15/h5-8,12-13H,9-11H2,1-4H3,(H,19,22)/t13-/m0/s1. The third kappa shape index (κ3) is 5.84. The maximum atomic E-state index is 12.9. The number of hydrogen-bond donors (Lipinski definition) is 1. The topological polar surface area (TPSA) is 49.4 Å². The summed E-state index contributed by atoms with van der Waals surface area (Å²) in [5, 5.41) is 2.85. The Balaban J connectivity index is 2.67. The summed E-state index contributed by atoms with van der Waals surface area (Å²) in [7, 11) is 0. The van der Waals surface area contributed by atoms with Gasteiger partial charge in [-0.25, -0.2) is 4.39 Å². The van der Waals surface area contributed by atoms with E-state index in [9.17, 15) is 14.0 Å². The molecule has 2 amide bonds. The summed E-state index contributed by atoms with van der Waals surface area (Å²) < 4.78 is 12.9. The second-order valence-corrected chi connectivity index (χ2v) is 5.92. The molecule has 0 aromatic heterocycles. The van der Waals surface area contributed by atoms with Gasteiger partial charge >= 0.3 is 0 Å². The lowest BCUT2D eigenvalue weighted by molar-refractivity contribution is -0.139. The maximum Gasteiger partial charge on any atom is 0.242 e. The second-order valence-electron chi connectivity index (χ2n) is 5.92. The molecule has 1 N–H and O–H groups in total. The highest BCUT2D eigenvalue weighted by atomic mass is 19.1. The minimum absolute atomic E-state index is 0.169. The Morgan fingerprint density at radius 2 is 1.77 bits per heavy atom. The molecule has 0 fully saturated rings. The molecule has 1 aromatic carbocycles. The lowest BCUT2D eigenvalue weighted by Crippen LogP contribution is -2.47. The molecule has 0 spiro atoms. The van der Waals surface area contributed by atoms with E-state index in [-0.39, 0.29) is 24.2 Å². The van der Waals surface area contributed by atoms with Gasteiger partial charge in [-0.05, 0) is 37.0 Å². The molecular formula is C17H25FN2O2. The van der Waals surface area contributed by atoms with Crippen molar-refractivity contribution < 1.29 is 14.0 Å². The molecule has 0 unspecified atom stereocenters. The fourth-order valence-electron chi connectivity index (χ4n) is 2.08. The summed E-state index contributed by atoms with van der Waals surface area (Å²) in [5.41, 5.74) is 0.790. The van der Waals surface area contributed by atoms with Crippen molar-refractivity contribution in [1.29, 1.82) is 0 Å². The molecule has 0 aliphatic heterocycles. The van der Waals surface area contributed by atoms with Crippen LogP contribution < -0.4 is 5.32 Å². The van der Waals surface area contributed by atoms with Crippen LogP contribution in [0.4, 0.5) is 4.39 Å². The number of amides is 2. The first kappa shape index (κ1) is 18.1. The quantitative estimate of drug-likeness (QED) is 0.842. The zero-order valence-electron chi connectivity index (χ0n) is 13.7. The van der Waals surface area contributed by atoms with Crippen LogP contribution in [-0.2, 0) is 16.1 Å². The van der Waals surface area contributed by atoms with Gasteiger partial charge in [-0.3, -0.25) is 9.59 Å². The summed E-state index contributed by atoms with van der Waals surface area (Å²) in [6, 6.07) is 5.38. The number of hydrogen-bond acceptors (Lipinski definition) is 2. The summed E-state index contributed by atoms with van der Waals surface area (Å²) >= 11 is 0. The number of carbonyl (C=O) groups excluding carboxylic acids is 2. The molecule has 0 saturated heterocycles. The van der Waals surface area contributed by atoms with E-state index in [0.717, 1.165) is 12.0 Å². The van der Waals surface area contributed by atoms with Gasteiger partial charge in [0.25, 0.3) is 0 Å². The molecule has 0 radical (unpaired) electrons. The highest BCUT2D eigenvalue weighted by Crippen LogP contribution is 2.10. The molecule has 0 aliphatic carbocycles. The molecule has 0 aliphatic rings. The molecule has 5 heteroatoms. The number of nitrogens with one attached hydrogen (secondary N) is 1. The number of carbonyl (C=O) groups is 2. The Labute approximate surface area is 131 Å². The van der Waals surface area contributed by atoms with Crippen molar-refractivity contribution in [1.82, 2.24) is 10.2 Å². The van der Waals surface area contributed by atoms with Crippen LogP contribution in [0.25, 0.3) is 0 Å². The zero-order chi connectivity index (χ0) is 16.7. The molecular weight excluding hydrogens is 283 g/mol. The van der Waals surface area contributed by atoms with Gasteiger partial charge in [0.1, 0.15) is 11.9 Å². The summed E-state index contributed by atoms with van der Waals surface area (Å²) in [4.78, 5) is 25.4. The Morgan fingerprint density at radius 1 is 1.18 bits per heavy atom. The maximum absolute atomic E-state index is 12.9. The predicted octanol–water partition coefficient (Wildman–Crippen LogP) is 2.73. The van der Waals surface area contributed by atoms with E-state index in [4.69, 9.17) is 0 Å². The first-order valence-corrected chi connectivity index (χ1v) is 7.60. The average Bonchev–Trinajstić information content (AvgIpc) is 2.45. The van der Waals surface area contributed by atoms with E-state index < -0.39 is 6.04 Å². The van der Waals surface area contributed by atoms with Gasteiger partial charge < -0.3 is 10.2 Å². The van der Waals surface area contributed by atoms with Gasteiger partial charge in [0.2, 0.25) is 11.8 Å². The Bertz CT molecular complexity index is 500. The SMILES string of the molecule is CC(=O)N(Cc1ccc(F)cc1)[C@@H](C)C(=O)NCCC(C)C. The largest absolute Gasteiger partial charge is 0.354 e. The van der Waals surface area contributed by atoms with Crippen LogP contribution in [0.2, 0.25) is 0 Å². The van der Waals surface area contributed by atoms with E-state index in [0.29, 0.717) is 12.5 Å². The van der Waals surface area contributed by atoms with Gasteiger partial charge in [-0.15, -0.1) is 0 Å². The molecule has 4 nitrogen and oxygen atoms in total. The number of benzene rings is 1. The van der Waals surface area contributed by atoms with Gasteiger partial charge in [0.15, 0.2) is 0 Å². The summed E-state index contributed by atoms with van der Waals surface area (Å²) in [6.45, 7) is 8.20. The average molecular weight is 308 g/mol. The zero-order valence-corrected chi connectivity index (χ0v) is 13.7. The highest BCUT2D eigenvalue weighted by molar-refractivity contribution is 5.86. The van der Waals surface area contributed by atoms with Crippen LogP contribution in [0.1, 0.15) is 39.7 Å². The fourth-order valence-corrected chi connectivity index (χ4v) is 2.08. The van der Waals surface area contributed by atoms with Crippen molar-refractivity contribution in [2.75, 3.05) is 6.54 Å². The van der Waals surface area contributed by atoms with Crippen molar-refractivity contribution >= 4 is 11.8 Å². The van der Waals surface area contributed by atoms with Crippen LogP contribution in [0.5, 0.6) is 0 Å². The Kier molecular flexibility index (Phi) is 7.02. The van der Waals surface area contributed by atoms with Gasteiger partial charge in [-0.2, -0.15) is 0 Å². The molecule has 0 bridgehead atoms. The third-order valence-electron chi connectivity index (χ3n) is 3.54. The first-order chi connectivity index (χ1) is 10.3. The lowest BCUT2D eigenvalue weighted by Gasteiger charge is -2.27.